The highest BCUT2D eigenvalue weighted by molar-refractivity contribution is 5.88. The zero-order valence-electron chi connectivity index (χ0n) is 14.2. The molecule has 0 bridgehead atoms. The van der Waals surface area contributed by atoms with Gasteiger partial charge in [-0.2, -0.15) is 5.26 Å². The van der Waals surface area contributed by atoms with Crippen LogP contribution in [-0.2, 0) is 11.2 Å². The van der Waals surface area contributed by atoms with E-state index >= 15 is 0 Å². The largest absolute Gasteiger partial charge is 0.492 e. The van der Waals surface area contributed by atoms with Gasteiger partial charge in [0.1, 0.15) is 18.8 Å². The molecule has 126 valence electrons. The summed E-state index contributed by atoms with van der Waals surface area (Å²) in [6, 6.07) is 14.0. The Bertz CT molecular complexity index is 735. The standard InChI is InChI=1S/C19H23N3O2/c1-22(2)13-14-24-18-8-7-15-5-3-4-6-16(15)17(18)10-12-21-19(23)9-11-20/h3-8H,9-10,12-14H2,1-2H3,(H,21,23). The summed E-state index contributed by atoms with van der Waals surface area (Å²) < 4.78 is 5.95. The maximum atomic E-state index is 11.5. The third kappa shape index (κ3) is 4.97. The third-order valence-corrected chi connectivity index (χ3v) is 3.73. The fourth-order valence-electron chi connectivity index (χ4n) is 2.51. The van der Waals surface area contributed by atoms with Gasteiger partial charge in [-0.1, -0.05) is 30.3 Å². The lowest BCUT2D eigenvalue weighted by Gasteiger charge is -2.16. The van der Waals surface area contributed by atoms with E-state index in [4.69, 9.17) is 10.00 Å². The molecule has 0 aliphatic rings. The first-order valence-corrected chi connectivity index (χ1v) is 8.03. The number of hydrogen-bond donors (Lipinski definition) is 1. The lowest BCUT2D eigenvalue weighted by Crippen LogP contribution is -2.25. The Balaban J connectivity index is 2.16. The van der Waals surface area contributed by atoms with Crippen molar-refractivity contribution < 1.29 is 9.53 Å². The highest BCUT2D eigenvalue weighted by atomic mass is 16.5. The molecule has 0 fully saturated rings. The van der Waals surface area contributed by atoms with Crippen LogP contribution in [0.15, 0.2) is 36.4 Å². The fraction of sp³-hybridized carbons (Fsp3) is 0.368. The van der Waals surface area contributed by atoms with Crippen LogP contribution in [0.2, 0.25) is 0 Å². The van der Waals surface area contributed by atoms with E-state index < -0.39 is 0 Å². The van der Waals surface area contributed by atoms with Crippen molar-refractivity contribution in [1.82, 2.24) is 10.2 Å². The second-order valence-corrected chi connectivity index (χ2v) is 5.85. The molecule has 1 N–H and O–H groups in total. The third-order valence-electron chi connectivity index (χ3n) is 3.73. The minimum Gasteiger partial charge on any atom is -0.492 e. The zero-order valence-corrected chi connectivity index (χ0v) is 14.2. The fourth-order valence-corrected chi connectivity index (χ4v) is 2.51. The number of nitrogens with one attached hydrogen (secondary N) is 1. The lowest BCUT2D eigenvalue weighted by molar-refractivity contribution is -0.120. The summed E-state index contributed by atoms with van der Waals surface area (Å²) in [4.78, 5) is 13.5. The Morgan fingerprint density at radius 1 is 1.25 bits per heavy atom. The Morgan fingerprint density at radius 3 is 2.79 bits per heavy atom. The molecule has 0 heterocycles. The molecule has 0 unspecified atom stereocenters. The lowest BCUT2D eigenvalue weighted by atomic mass is 10.0. The Morgan fingerprint density at radius 2 is 2.04 bits per heavy atom. The van der Waals surface area contributed by atoms with E-state index in [1.54, 1.807) is 0 Å². The number of likely N-dealkylation sites (N-methyl/N-ethyl adjacent to an activating group) is 1. The van der Waals surface area contributed by atoms with Crippen molar-refractivity contribution in [3.63, 3.8) is 0 Å². The maximum absolute atomic E-state index is 11.5. The molecule has 0 atom stereocenters. The second-order valence-electron chi connectivity index (χ2n) is 5.85. The molecule has 0 saturated carbocycles. The smallest absolute Gasteiger partial charge is 0.234 e. The summed E-state index contributed by atoms with van der Waals surface area (Å²) in [7, 11) is 4.02. The van der Waals surface area contributed by atoms with E-state index in [1.807, 2.05) is 38.4 Å². The van der Waals surface area contributed by atoms with Crippen LogP contribution in [0.4, 0.5) is 0 Å². The quantitative estimate of drug-likeness (QED) is 0.809. The van der Waals surface area contributed by atoms with Crippen LogP contribution < -0.4 is 10.1 Å². The average molecular weight is 325 g/mol. The number of benzene rings is 2. The van der Waals surface area contributed by atoms with Gasteiger partial charge < -0.3 is 15.0 Å². The number of fused-ring (bicyclic) bond motifs is 1. The van der Waals surface area contributed by atoms with Crippen molar-refractivity contribution in [1.29, 1.82) is 5.26 Å². The van der Waals surface area contributed by atoms with Gasteiger partial charge in [0.15, 0.2) is 0 Å². The minimum absolute atomic E-state index is 0.109. The molecule has 0 aromatic heterocycles. The van der Waals surface area contributed by atoms with Crippen LogP contribution in [0.5, 0.6) is 5.75 Å². The minimum atomic E-state index is -0.243. The number of nitrogens with zero attached hydrogens (tertiary/aromatic N) is 2. The van der Waals surface area contributed by atoms with Gasteiger partial charge in [0, 0.05) is 18.7 Å². The number of rotatable bonds is 8. The number of amides is 1. The van der Waals surface area contributed by atoms with Crippen molar-refractivity contribution >= 4 is 16.7 Å². The summed E-state index contributed by atoms with van der Waals surface area (Å²) in [6.45, 7) is 1.93. The van der Waals surface area contributed by atoms with Gasteiger partial charge in [0.05, 0.1) is 6.07 Å². The van der Waals surface area contributed by atoms with Crippen molar-refractivity contribution in [2.24, 2.45) is 0 Å². The van der Waals surface area contributed by atoms with Gasteiger partial charge in [-0.05, 0) is 37.4 Å². The van der Waals surface area contributed by atoms with Gasteiger partial charge in [-0.3, -0.25) is 4.79 Å². The predicted octanol–water partition coefficient (Wildman–Crippen LogP) is 2.35. The van der Waals surface area contributed by atoms with Crippen molar-refractivity contribution in [3.8, 4) is 11.8 Å². The van der Waals surface area contributed by atoms with E-state index in [-0.39, 0.29) is 12.3 Å². The second kappa shape index (κ2) is 8.90. The highest BCUT2D eigenvalue weighted by Crippen LogP contribution is 2.28. The number of carbonyl (C=O) groups excluding carboxylic acids is 1. The molecule has 2 aromatic rings. The number of ether oxygens (including phenoxy) is 1. The zero-order chi connectivity index (χ0) is 17.4. The normalized spacial score (nSPS) is 10.6. The Hall–Kier alpha value is -2.58. The van der Waals surface area contributed by atoms with E-state index in [0.29, 0.717) is 19.6 Å². The average Bonchev–Trinajstić information content (AvgIpc) is 2.56. The van der Waals surface area contributed by atoms with E-state index in [1.165, 1.54) is 0 Å². The van der Waals surface area contributed by atoms with Crippen molar-refractivity contribution in [3.05, 3.63) is 42.0 Å². The van der Waals surface area contributed by atoms with E-state index in [2.05, 4.69) is 28.4 Å². The van der Waals surface area contributed by atoms with Gasteiger partial charge >= 0.3 is 0 Å². The van der Waals surface area contributed by atoms with Gasteiger partial charge in [0.25, 0.3) is 0 Å². The maximum Gasteiger partial charge on any atom is 0.234 e. The first kappa shape index (κ1) is 17.8. The molecule has 0 spiro atoms. The number of hydrogen-bond acceptors (Lipinski definition) is 4. The van der Waals surface area contributed by atoms with Crippen LogP contribution in [0.25, 0.3) is 10.8 Å². The van der Waals surface area contributed by atoms with Crippen molar-refractivity contribution in [2.45, 2.75) is 12.8 Å². The van der Waals surface area contributed by atoms with Gasteiger partial charge in [-0.25, -0.2) is 0 Å². The molecule has 24 heavy (non-hydrogen) atoms. The first-order valence-electron chi connectivity index (χ1n) is 8.03. The molecule has 2 rings (SSSR count). The van der Waals surface area contributed by atoms with E-state index in [9.17, 15) is 4.79 Å². The molecule has 0 aliphatic carbocycles. The van der Waals surface area contributed by atoms with Crippen LogP contribution in [0.1, 0.15) is 12.0 Å². The van der Waals surface area contributed by atoms with Crippen LogP contribution in [0, 0.1) is 11.3 Å². The van der Waals surface area contributed by atoms with Crippen LogP contribution in [0.3, 0.4) is 0 Å². The van der Waals surface area contributed by atoms with Crippen LogP contribution >= 0.6 is 0 Å². The highest BCUT2D eigenvalue weighted by Gasteiger charge is 2.10. The summed E-state index contributed by atoms with van der Waals surface area (Å²) >= 11 is 0. The summed E-state index contributed by atoms with van der Waals surface area (Å²) in [5.41, 5.74) is 1.09. The summed E-state index contributed by atoms with van der Waals surface area (Å²) in [6.07, 6.45) is 0.553. The molecule has 1 amide bonds. The van der Waals surface area contributed by atoms with Crippen LogP contribution in [-0.4, -0.2) is 44.6 Å². The molecule has 5 nitrogen and oxygen atoms in total. The predicted molar refractivity (Wildman–Crippen MR) is 94.9 cm³/mol. The molecular formula is C19H23N3O2. The molecule has 0 radical (unpaired) electrons. The number of nitriles is 1. The van der Waals surface area contributed by atoms with Gasteiger partial charge in [0.2, 0.25) is 5.91 Å². The van der Waals surface area contributed by atoms with Crippen molar-refractivity contribution in [2.75, 3.05) is 33.8 Å². The molecular weight excluding hydrogens is 302 g/mol. The molecule has 0 aliphatic heterocycles. The summed E-state index contributed by atoms with van der Waals surface area (Å²) in [5, 5.41) is 13.6. The number of carbonyl (C=O) groups is 1. The Labute approximate surface area is 142 Å². The topological polar surface area (TPSA) is 65.4 Å². The van der Waals surface area contributed by atoms with Gasteiger partial charge in [-0.15, -0.1) is 0 Å². The monoisotopic (exact) mass is 325 g/mol. The first-order chi connectivity index (χ1) is 11.6. The van der Waals surface area contributed by atoms with E-state index in [0.717, 1.165) is 28.6 Å². The molecule has 2 aromatic carbocycles. The summed E-state index contributed by atoms with van der Waals surface area (Å²) in [5.74, 6) is 0.609. The Kier molecular flexibility index (Phi) is 6.59. The SMILES string of the molecule is CN(C)CCOc1ccc2ccccc2c1CCNC(=O)CC#N. The molecule has 0 saturated heterocycles. The molecule has 5 heteroatoms.